The summed E-state index contributed by atoms with van der Waals surface area (Å²) in [4.78, 5) is 23.2. The van der Waals surface area contributed by atoms with Crippen molar-refractivity contribution in [3.8, 4) is 0 Å². The van der Waals surface area contributed by atoms with Gasteiger partial charge in [0.1, 0.15) is 6.04 Å². The summed E-state index contributed by atoms with van der Waals surface area (Å²) in [5.74, 6) is -1.57. The number of carboxylic acids is 1. The van der Waals surface area contributed by atoms with Crippen LogP contribution >= 0.6 is 0 Å². The fraction of sp³-hybridized carbons (Fsp3) is 0.429. The molecule has 1 fully saturated rings. The summed E-state index contributed by atoms with van der Waals surface area (Å²) < 4.78 is 23.3. The molecular weight excluding hydrogens is 294 g/mol. The zero-order valence-electron chi connectivity index (χ0n) is 11.6. The van der Waals surface area contributed by atoms with Crippen LogP contribution in [0.1, 0.15) is 30.1 Å². The van der Waals surface area contributed by atoms with E-state index in [1.54, 1.807) is 6.92 Å². The van der Waals surface area contributed by atoms with Crippen LogP contribution in [-0.2, 0) is 14.6 Å². The van der Waals surface area contributed by atoms with E-state index in [2.05, 4.69) is 5.32 Å². The van der Waals surface area contributed by atoms with Gasteiger partial charge in [-0.15, -0.1) is 0 Å². The number of rotatable bonds is 6. The van der Waals surface area contributed by atoms with Gasteiger partial charge in [0.25, 0.3) is 5.91 Å². The highest BCUT2D eigenvalue weighted by molar-refractivity contribution is 7.91. The molecule has 2 N–H and O–H groups in total. The van der Waals surface area contributed by atoms with Gasteiger partial charge in [-0.1, -0.05) is 6.92 Å². The predicted molar refractivity (Wildman–Crippen MR) is 75.8 cm³/mol. The number of aliphatic carboxylic acids is 1. The Bertz CT molecular complexity index is 646. The Kier molecular flexibility index (Phi) is 4.32. The lowest BCUT2D eigenvalue weighted by atomic mass is 10.1. The van der Waals surface area contributed by atoms with Crippen molar-refractivity contribution in [1.82, 2.24) is 5.32 Å². The molecule has 7 heteroatoms. The molecule has 6 nitrogen and oxygen atoms in total. The molecule has 1 aromatic rings. The van der Waals surface area contributed by atoms with Gasteiger partial charge in [-0.2, -0.15) is 0 Å². The highest BCUT2D eigenvalue weighted by Gasteiger charge is 2.37. The SMILES string of the molecule is CCS(=O)(=O)c1ccc(C(=O)NC(C(=O)O)C2CC2)cc1. The number of nitrogens with one attached hydrogen (secondary N) is 1. The molecular formula is C14H17NO5S. The number of sulfone groups is 1. The molecule has 1 amide bonds. The minimum atomic E-state index is -3.31. The number of carbonyl (C=O) groups is 2. The van der Waals surface area contributed by atoms with Gasteiger partial charge in [-0.3, -0.25) is 4.79 Å². The highest BCUT2D eigenvalue weighted by Crippen LogP contribution is 2.32. The van der Waals surface area contributed by atoms with Gasteiger partial charge in [-0.05, 0) is 43.0 Å². The second kappa shape index (κ2) is 5.85. The van der Waals surface area contributed by atoms with Crippen molar-refractivity contribution in [2.75, 3.05) is 5.75 Å². The van der Waals surface area contributed by atoms with Gasteiger partial charge in [-0.25, -0.2) is 13.2 Å². The van der Waals surface area contributed by atoms with Crippen LogP contribution < -0.4 is 5.32 Å². The van der Waals surface area contributed by atoms with Crippen molar-refractivity contribution in [3.63, 3.8) is 0 Å². The van der Waals surface area contributed by atoms with Crippen LogP contribution in [-0.4, -0.2) is 37.2 Å². The van der Waals surface area contributed by atoms with Crippen LogP contribution in [0.15, 0.2) is 29.2 Å². The van der Waals surface area contributed by atoms with Gasteiger partial charge in [0.05, 0.1) is 10.6 Å². The Balaban J connectivity index is 2.11. The highest BCUT2D eigenvalue weighted by atomic mass is 32.2. The largest absolute Gasteiger partial charge is 0.480 e. The summed E-state index contributed by atoms with van der Waals surface area (Å²) >= 11 is 0. The molecule has 0 spiro atoms. The number of hydrogen-bond donors (Lipinski definition) is 2. The number of carbonyl (C=O) groups excluding carboxylic acids is 1. The average molecular weight is 311 g/mol. The van der Waals surface area contributed by atoms with E-state index in [-0.39, 0.29) is 22.1 Å². The summed E-state index contributed by atoms with van der Waals surface area (Å²) in [7, 11) is -3.31. The molecule has 2 rings (SSSR count). The molecule has 1 aliphatic carbocycles. The van der Waals surface area contributed by atoms with Gasteiger partial charge in [0, 0.05) is 5.56 Å². The van der Waals surface area contributed by atoms with Crippen molar-refractivity contribution in [2.45, 2.75) is 30.7 Å². The van der Waals surface area contributed by atoms with E-state index in [1.807, 2.05) is 0 Å². The van der Waals surface area contributed by atoms with E-state index in [0.29, 0.717) is 0 Å². The molecule has 0 saturated heterocycles. The molecule has 21 heavy (non-hydrogen) atoms. The third kappa shape index (κ3) is 3.60. The number of amides is 1. The first-order chi connectivity index (χ1) is 9.85. The van der Waals surface area contributed by atoms with Gasteiger partial charge in [0.2, 0.25) is 0 Å². The van der Waals surface area contributed by atoms with Crippen LogP contribution in [0.4, 0.5) is 0 Å². The zero-order chi connectivity index (χ0) is 15.6. The maximum absolute atomic E-state index is 12.0. The molecule has 0 heterocycles. The summed E-state index contributed by atoms with van der Waals surface area (Å²) in [5, 5.41) is 11.5. The van der Waals surface area contributed by atoms with E-state index in [4.69, 9.17) is 5.11 Å². The lowest BCUT2D eigenvalue weighted by molar-refractivity contribution is -0.139. The number of benzene rings is 1. The van der Waals surface area contributed by atoms with Crippen molar-refractivity contribution in [2.24, 2.45) is 5.92 Å². The third-order valence-corrected chi connectivity index (χ3v) is 5.25. The summed E-state index contributed by atoms with van der Waals surface area (Å²) in [6.45, 7) is 1.54. The van der Waals surface area contributed by atoms with Crippen LogP contribution in [0.3, 0.4) is 0 Å². The average Bonchev–Trinajstić information content (AvgIpc) is 3.28. The summed E-state index contributed by atoms with van der Waals surface area (Å²) in [5.41, 5.74) is 0.247. The van der Waals surface area contributed by atoms with E-state index in [1.165, 1.54) is 24.3 Å². The fourth-order valence-electron chi connectivity index (χ4n) is 2.02. The second-order valence-corrected chi connectivity index (χ2v) is 7.33. The standard InChI is InChI=1S/C14H17NO5S/c1-2-21(19,20)11-7-5-10(6-8-11)13(16)15-12(14(17)18)9-3-4-9/h5-9,12H,2-4H2,1H3,(H,15,16)(H,17,18). The monoisotopic (exact) mass is 311 g/mol. The van der Waals surface area contributed by atoms with Crippen molar-refractivity contribution in [3.05, 3.63) is 29.8 Å². The predicted octanol–water partition coefficient (Wildman–Crippen LogP) is 1.07. The van der Waals surface area contributed by atoms with Crippen LogP contribution in [0, 0.1) is 5.92 Å². The minimum absolute atomic E-state index is 0.00816. The maximum atomic E-state index is 12.0. The maximum Gasteiger partial charge on any atom is 0.326 e. The van der Waals surface area contributed by atoms with Gasteiger partial charge in [0.15, 0.2) is 9.84 Å². The van der Waals surface area contributed by atoms with Gasteiger partial charge >= 0.3 is 5.97 Å². The Labute approximate surface area is 123 Å². The Hall–Kier alpha value is -1.89. The van der Waals surface area contributed by atoms with E-state index in [9.17, 15) is 18.0 Å². The molecule has 1 atom stereocenters. The first-order valence-corrected chi connectivity index (χ1v) is 8.37. The lowest BCUT2D eigenvalue weighted by Gasteiger charge is -2.13. The molecule has 1 saturated carbocycles. The zero-order valence-corrected chi connectivity index (χ0v) is 12.4. The third-order valence-electron chi connectivity index (χ3n) is 3.50. The van der Waals surface area contributed by atoms with Crippen molar-refractivity contribution in [1.29, 1.82) is 0 Å². The molecule has 1 aliphatic rings. The van der Waals surface area contributed by atoms with Crippen molar-refractivity contribution < 1.29 is 23.1 Å². The molecule has 1 aromatic carbocycles. The fourth-order valence-corrected chi connectivity index (χ4v) is 2.90. The van der Waals surface area contributed by atoms with E-state index >= 15 is 0 Å². The first-order valence-electron chi connectivity index (χ1n) is 6.71. The molecule has 0 aromatic heterocycles. The molecule has 0 radical (unpaired) electrons. The number of carboxylic acid groups (broad SMARTS) is 1. The topological polar surface area (TPSA) is 101 Å². The van der Waals surface area contributed by atoms with Crippen LogP contribution in [0.5, 0.6) is 0 Å². The minimum Gasteiger partial charge on any atom is -0.480 e. The number of hydrogen-bond acceptors (Lipinski definition) is 4. The summed E-state index contributed by atoms with van der Waals surface area (Å²) in [6.07, 6.45) is 1.59. The Morgan fingerprint density at radius 3 is 2.29 bits per heavy atom. The molecule has 114 valence electrons. The van der Waals surface area contributed by atoms with E-state index in [0.717, 1.165) is 12.8 Å². The normalized spacial score (nSPS) is 16.2. The molecule has 0 aliphatic heterocycles. The quantitative estimate of drug-likeness (QED) is 0.818. The molecule has 1 unspecified atom stereocenters. The Morgan fingerprint density at radius 2 is 1.86 bits per heavy atom. The van der Waals surface area contributed by atoms with Gasteiger partial charge < -0.3 is 10.4 Å². The van der Waals surface area contributed by atoms with Crippen LogP contribution in [0.25, 0.3) is 0 Å². The van der Waals surface area contributed by atoms with Crippen molar-refractivity contribution >= 4 is 21.7 Å². The van der Waals surface area contributed by atoms with E-state index < -0.39 is 27.8 Å². The molecule has 0 bridgehead atoms. The van der Waals surface area contributed by atoms with Crippen LogP contribution in [0.2, 0.25) is 0 Å². The smallest absolute Gasteiger partial charge is 0.326 e. The Morgan fingerprint density at radius 1 is 1.29 bits per heavy atom. The summed E-state index contributed by atoms with van der Waals surface area (Å²) in [6, 6.07) is 4.63. The second-order valence-electron chi connectivity index (χ2n) is 5.05. The lowest BCUT2D eigenvalue weighted by Crippen LogP contribution is -2.42. The first kappa shape index (κ1) is 15.5.